The van der Waals surface area contributed by atoms with Gasteiger partial charge >= 0.3 is 0 Å². The number of piperidine rings is 1. The molecule has 1 fully saturated rings. The van der Waals surface area contributed by atoms with Crippen LogP contribution in [0.1, 0.15) is 40.8 Å². The average molecular weight is 427 g/mol. The summed E-state index contributed by atoms with van der Waals surface area (Å²) in [5.74, 6) is 1.99. The second-order valence-corrected chi connectivity index (χ2v) is 7.26. The van der Waals surface area contributed by atoms with Crippen LogP contribution in [0.5, 0.6) is 0 Å². The van der Waals surface area contributed by atoms with Gasteiger partial charge in [-0.2, -0.15) is 0 Å². The number of carbonyl (C=O) groups excluding carboxylic acids is 1. The normalized spacial score (nSPS) is 17.0. The van der Waals surface area contributed by atoms with E-state index in [0.29, 0.717) is 13.1 Å². The first-order chi connectivity index (χ1) is 13.0. The van der Waals surface area contributed by atoms with E-state index in [-0.39, 0.29) is 40.5 Å². The van der Waals surface area contributed by atoms with Crippen molar-refractivity contribution < 1.29 is 9.72 Å². The van der Waals surface area contributed by atoms with E-state index in [0.717, 1.165) is 44.1 Å². The smallest absolute Gasteiger partial charge is 0.271 e. The summed E-state index contributed by atoms with van der Waals surface area (Å²) in [6.07, 6.45) is 1.58. The number of halogens is 2. The Morgan fingerprint density at radius 3 is 2.68 bits per heavy atom. The second-order valence-electron chi connectivity index (χ2n) is 6.82. The Hall–Kier alpha value is -2.23. The SMILES string of the molecule is Cl.O=C(c1cc(Cl)cc([N+](=O)[O-])c1)N1CCC(c2nnc3n2CCNC3)CC1. The van der Waals surface area contributed by atoms with Gasteiger partial charge in [-0.1, -0.05) is 11.6 Å². The van der Waals surface area contributed by atoms with Gasteiger partial charge in [-0.25, -0.2) is 0 Å². The van der Waals surface area contributed by atoms with Gasteiger partial charge in [-0.15, -0.1) is 22.6 Å². The maximum absolute atomic E-state index is 12.8. The zero-order valence-corrected chi connectivity index (χ0v) is 16.6. The highest BCUT2D eigenvalue weighted by Crippen LogP contribution is 2.29. The molecule has 150 valence electrons. The van der Waals surface area contributed by atoms with Crippen LogP contribution in [0.15, 0.2) is 18.2 Å². The number of benzene rings is 1. The van der Waals surface area contributed by atoms with E-state index in [1.807, 2.05) is 0 Å². The molecule has 11 heteroatoms. The van der Waals surface area contributed by atoms with Crippen molar-refractivity contribution in [3.05, 3.63) is 50.5 Å². The molecule has 0 spiro atoms. The molecule has 1 aromatic carbocycles. The van der Waals surface area contributed by atoms with E-state index < -0.39 is 4.92 Å². The molecule has 1 amide bonds. The van der Waals surface area contributed by atoms with Crippen molar-refractivity contribution in [2.24, 2.45) is 0 Å². The highest BCUT2D eigenvalue weighted by Gasteiger charge is 2.29. The largest absolute Gasteiger partial charge is 0.339 e. The summed E-state index contributed by atoms with van der Waals surface area (Å²) in [5, 5.41) is 23.1. The number of nitrogens with zero attached hydrogens (tertiary/aromatic N) is 5. The Bertz CT molecular complexity index is 895. The number of nitro groups is 1. The van der Waals surface area contributed by atoms with Crippen LogP contribution in [0.4, 0.5) is 5.69 Å². The third-order valence-electron chi connectivity index (χ3n) is 5.14. The minimum atomic E-state index is -0.543. The van der Waals surface area contributed by atoms with Crippen molar-refractivity contribution >= 4 is 35.6 Å². The van der Waals surface area contributed by atoms with Crippen LogP contribution in [0.25, 0.3) is 0 Å². The molecule has 2 aliphatic rings. The fraction of sp³-hybridized carbons (Fsp3) is 0.471. The minimum absolute atomic E-state index is 0. The number of fused-ring (bicyclic) bond motifs is 1. The molecular weight excluding hydrogens is 407 g/mol. The third-order valence-corrected chi connectivity index (χ3v) is 5.36. The number of non-ortho nitro benzene ring substituents is 1. The van der Waals surface area contributed by atoms with Crippen molar-refractivity contribution in [1.82, 2.24) is 25.0 Å². The van der Waals surface area contributed by atoms with Gasteiger partial charge in [0.25, 0.3) is 11.6 Å². The van der Waals surface area contributed by atoms with Gasteiger partial charge in [-0.05, 0) is 18.9 Å². The standard InChI is InChI=1S/C17H19ClN6O3.ClH/c18-13-7-12(8-14(9-13)24(26)27)17(25)22-4-1-11(2-5-22)16-21-20-15-10-19-3-6-23(15)16;/h7-9,11,19H,1-6,10H2;1H. The van der Waals surface area contributed by atoms with E-state index >= 15 is 0 Å². The third kappa shape index (κ3) is 3.96. The molecule has 2 aliphatic heterocycles. The molecule has 2 aromatic rings. The number of nitro benzene ring substituents is 1. The van der Waals surface area contributed by atoms with Gasteiger partial charge in [0.05, 0.1) is 11.5 Å². The highest BCUT2D eigenvalue weighted by atomic mass is 35.5. The van der Waals surface area contributed by atoms with Gasteiger partial charge in [0.2, 0.25) is 0 Å². The van der Waals surface area contributed by atoms with Crippen LogP contribution in [0.2, 0.25) is 5.02 Å². The summed E-state index contributed by atoms with van der Waals surface area (Å²) in [6.45, 7) is 3.65. The van der Waals surface area contributed by atoms with Crippen LogP contribution < -0.4 is 5.32 Å². The first kappa shape index (κ1) is 20.5. The lowest BCUT2D eigenvalue weighted by atomic mass is 9.95. The number of hydrogen-bond donors (Lipinski definition) is 1. The highest BCUT2D eigenvalue weighted by molar-refractivity contribution is 6.31. The van der Waals surface area contributed by atoms with Crippen LogP contribution in [0.3, 0.4) is 0 Å². The molecule has 9 nitrogen and oxygen atoms in total. The molecule has 28 heavy (non-hydrogen) atoms. The summed E-state index contributed by atoms with van der Waals surface area (Å²) in [7, 11) is 0. The lowest BCUT2D eigenvalue weighted by molar-refractivity contribution is -0.384. The summed E-state index contributed by atoms with van der Waals surface area (Å²) >= 11 is 5.94. The fourth-order valence-electron chi connectivity index (χ4n) is 3.74. The summed E-state index contributed by atoms with van der Waals surface area (Å²) < 4.78 is 2.18. The molecular formula is C17H20Cl2N6O3. The van der Waals surface area contributed by atoms with Crippen LogP contribution in [-0.4, -0.2) is 50.1 Å². The quantitative estimate of drug-likeness (QED) is 0.596. The van der Waals surface area contributed by atoms with Crippen molar-refractivity contribution in [3.63, 3.8) is 0 Å². The molecule has 0 unspecified atom stereocenters. The monoisotopic (exact) mass is 426 g/mol. The van der Waals surface area contributed by atoms with E-state index in [1.165, 1.54) is 18.2 Å². The summed E-state index contributed by atoms with van der Waals surface area (Å²) in [4.78, 5) is 24.9. The predicted octanol–water partition coefficient (Wildman–Crippen LogP) is 2.38. The van der Waals surface area contributed by atoms with Crippen LogP contribution in [-0.2, 0) is 13.1 Å². The molecule has 1 N–H and O–H groups in total. The number of carbonyl (C=O) groups is 1. The van der Waals surface area contributed by atoms with Crippen molar-refractivity contribution in [2.75, 3.05) is 19.6 Å². The molecule has 0 radical (unpaired) electrons. The maximum atomic E-state index is 12.8. The Balaban J connectivity index is 0.00000225. The van der Waals surface area contributed by atoms with E-state index in [2.05, 4.69) is 20.1 Å². The molecule has 0 aliphatic carbocycles. The van der Waals surface area contributed by atoms with Crippen molar-refractivity contribution in [2.45, 2.75) is 31.8 Å². The van der Waals surface area contributed by atoms with E-state index in [4.69, 9.17) is 11.6 Å². The summed E-state index contributed by atoms with van der Waals surface area (Å²) in [5.41, 5.74) is 0.0722. The lowest BCUT2D eigenvalue weighted by Crippen LogP contribution is -2.39. The van der Waals surface area contributed by atoms with Crippen LogP contribution in [0, 0.1) is 10.1 Å². The van der Waals surface area contributed by atoms with Gasteiger partial charge < -0.3 is 14.8 Å². The number of nitrogens with one attached hydrogen (secondary N) is 1. The number of hydrogen-bond acceptors (Lipinski definition) is 6. The first-order valence-electron chi connectivity index (χ1n) is 8.90. The van der Waals surface area contributed by atoms with Gasteiger partial charge in [-0.3, -0.25) is 14.9 Å². The molecule has 0 saturated carbocycles. The summed E-state index contributed by atoms with van der Waals surface area (Å²) in [6, 6.07) is 4.00. The molecule has 0 atom stereocenters. The number of likely N-dealkylation sites (tertiary alicyclic amines) is 1. The van der Waals surface area contributed by atoms with Crippen LogP contribution >= 0.6 is 24.0 Å². The lowest BCUT2D eigenvalue weighted by Gasteiger charge is -2.32. The molecule has 1 saturated heterocycles. The van der Waals surface area contributed by atoms with Gasteiger partial charge in [0.15, 0.2) is 0 Å². The van der Waals surface area contributed by atoms with Gasteiger partial charge in [0.1, 0.15) is 11.6 Å². The topological polar surface area (TPSA) is 106 Å². The van der Waals surface area contributed by atoms with E-state index in [9.17, 15) is 14.9 Å². The number of aromatic nitrogens is 3. The first-order valence-corrected chi connectivity index (χ1v) is 9.27. The minimum Gasteiger partial charge on any atom is -0.339 e. The molecule has 0 bridgehead atoms. The maximum Gasteiger partial charge on any atom is 0.271 e. The predicted molar refractivity (Wildman–Crippen MR) is 105 cm³/mol. The molecule has 1 aromatic heterocycles. The molecule has 4 rings (SSSR count). The Labute approximate surface area is 172 Å². The van der Waals surface area contributed by atoms with Crippen molar-refractivity contribution in [1.29, 1.82) is 0 Å². The fourth-order valence-corrected chi connectivity index (χ4v) is 3.97. The zero-order chi connectivity index (χ0) is 19.0. The zero-order valence-electron chi connectivity index (χ0n) is 15.0. The van der Waals surface area contributed by atoms with Gasteiger partial charge in [0, 0.05) is 54.8 Å². The Kier molecular flexibility index (Phi) is 6.17. The number of rotatable bonds is 3. The molecule has 3 heterocycles. The van der Waals surface area contributed by atoms with E-state index in [1.54, 1.807) is 4.90 Å². The second kappa shape index (κ2) is 8.42. The Morgan fingerprint density at radius 1 is 1.21 bits per heavy atom. The number of amides is 1. The Morgan fingerprint density at radius 2 is 1.96 bits per heavy atom. The van der Waals surface area contributed by atoms with Crippen molar-refractivity contribution in [3.8, 4) is 0 Å². The average Bonchev–Trinajstić information content (AvgIpc) is 3.11.